The number of aryl methyl sites for hydroxylation is 1. The van der Waals surface area contributed by atoms with Crippen molar-refractivity contribution in [2.75, 3.05) is 17.6 Å². The first-order valence-electron chi connectivity index (χ1n) is 10.2. The molecular weight excluding hydrogens is 377 g/mol. The van der Waals surface area contributed by atoms with Crippen LogP contribution < -0.4 is 15.5 Å². The Labute approximate surface area is 171 Å². The van der Waals surface area contributed by atoms with Crippen LogP contribution in [-0.4, -0.2) is 18.6 Å². The summed E-state index contributed by atoms with van der Waals surface area (Å²) in [7, 11) is -3.01. The van der Waals surface area contributed by atoms with Gasteiger partial charge in [0, 0.05) is 23.3 Å². The standard InChI is InChI=1S/C25H24NO2P/c1-25(22-16-8-10-19-11-9-17-26(23(19)22)24(25)27)18-29(28,20-12-4-2-5-13-20)21-14-6-3-7-15-21/h2-8,10,12-16H,9,11,17-18H2,1H3/t25-/m1/s1. The number of para-hydroxylation sites is 1. The van der Waals surface area contributed by atoms with Gasteiger partial charge in [0.15, 0.2) is 0 Å². The molecule has 5 rings (SSSR count). The van der Waals surface area contributed by atoms with E-state index >= 15 is 0 Å². The highest BCUT2D eigenvalue weighted by atomic mass is 31.2. The van der Waals surface area contributed by atoms with Crippen molar-refractivity contribution in [3.8, 4) is 0 Å². The second-order valence-corrected chi connectivity index (χ2v) is 11.1. The van der Waals surface area contributed by atoms with Gasteiger partial charge in [-0.05, 0) is 30.9 Å². The summed E-state index contributed by atoms with van der Waals surface area (Å²) in [4.78, 5) is 15.6. The van der Waals surface area contributed by atoms with Gasteiger partial charge in [0.05, 0.1) is 11.1 Å². The summed E-state index contributed by atoms with van der Waals surface area (Å²) in [6.45, 7) is 2.74. The van der Waals surface area contributed by atoms with Gasteiger partial charge in [-0.2, -0.15) is 0 Å². The van der Waals surface area contributed by atoms with Crippen molar-refractivity contribution in [3.63, 3.8) is 0 Å². The van der Waals surface area contributed by atoms with E-state index in [0.717, 1.165) is 41.2 Å². The highest BCUT2D eigenvalue weighted by Gasteiger charge is 2.52. The minimum atomic E-state index is -3.01. The van der Waals surface area contributed by atoms with E-state index in [-0.39, 0.29) is 5.91 Å². The number of benzene rings is 3. The van der Waals surface area contributed by atoms with Gasteiger partial charge < -0.3 is 9.46 Å². The van der Waals surface area contributed by atoms with E-state index in [1.165, 1.54) is 5.56 Å². The molecule has 29 heavy (non-hydrogen) atoms. The first-order chi connectivity index (χ1) is 14.0. The fourth-order valence-corrected chi connectivity index (χ4v) is 8.15. The Hall–Kier alpha value is -2.64. The summed E-state index contributed by atoms with van der Waals surface area (Å²) < 4.78 is 14.7. The maximum Gasteiger partial charge on any atom is 0.237 e. The number of hydrogen-bond donors (Lipinski definition) is 0. The molecule has 0 fully saturated rings. The number of hydrogen-bond acceptors (Lipinski definition) is 2. The van der Waals surface area contributed by atoms with Crippen LogP contribution in [0.3, 0.4) is 0 Å². The Morgan fingerprint density at radius 2 is 1.52 bits per heavy atom. The number of nitrogens with zero attached hydrogens (tertiary/aromatic N) is 1. The van der Waals surface area contributed by atoms with E-state index < -0.39 is 12.6 Å². The fraction of sp³-hybridized carbons (Fsp3) is 0.240. The second kappa shape index (κ2) is 6.71. The monoisotopic (exact) mass is 401 g/mol. The molecule has 0 aliphatic carbocycles. The van der Waals surface area contributed by atoms with Gasteiger partial charge in [-0.25, -0.2) is 0 Å². The topological polar surface area (TPSA) is 37.4 Å². The molecule has 0 saturated carbocycles. The van der Waals surface area contributed by atoms with Crippen molar-refractivity contribution in [3.05, 3.63) is 90.0 Å². The number of carbonyl (C=O) groups is 1. The molecular formula is C25H24NO2P. The van der Waals surface area contributed by atoms with Crippen molar-refractivity contribution >= 4 is 29.3 Å². The van der Waals surface area contributed by atoms with E-state index in [1.54, 1.807) is 0 Å². The Morgan fingerprint density at radius 1 is 0.897 bits per heavy atom. The summed E-state index contributed by atoms with van der Waals surface area (Å²) in [5.41, 5.74) is 2.54. The molecule has 0 spiro atoms. The normalized spacial score (nSPS) is 20.6. The van der Waals surface area contributed by atoms with Crippen LogP contribution in [-0.2, 0) is 21.2 Å². The second-order valence-electron chi connectivity index (χ2n) is 8.27. The molecule has 1 atom stereocenters. The largest absolute Gasteiger partial charge is 0.314 e. The fourth-order valence-electron chi connectivity index (χ4n) is 4.98. The predicted octanol–water partition coefficient (Wildman–Crippen LogP) is 4.25. The van der Waals surface area contributed by atoms with Gasteiger partial charge in [-0.15, -0.1) is 0 Å². The first-order valence-corrected chi connectivity index (χ1v) is 12.1. The summed E-state index contributed by atoms with van der Waals surface area (Å²) in [5.74, 6) is 0.0896. The Bertz CT molecular complexity index is 1080. The molecule has 2 aliphatic rings. The lowest BCUT2D eigenvalue weighted by Gasteiger charge is -2.30. The molecule has 4 heteroatoms. The Morgan fingerprint density at radius 3 is 2.14 bits per heavy atom. The number of rotatable bonds is 4. The lowest BCUT2D eigenvalue weighted by Crippen LogP contribution is -2.43. The van der Waals surface area contributed by atoms with Gasteiger partial charge in [0.25, 0.3) is 0 Å². The molecule has 0 saturated heterocycles. The zero-order chi connectivity index (χ0) is 20.1. The van der Waals surface area contributed by atoms with E-state index in [4.69, 9.17) is 0 Å². The smallest absolute Gasteiger partial charge is 0.237 e. The average molecular weight is 401 g/mol. The molecule has 0 radical (unpaired) electrons. The van der Waals surface area contributed by atoms with Crippen molar-refractivity contribution in [1.82, 2.24) is 0 Å². The van der Waals surface area contributed by atoms with Crippen LogP contribution in [0.1, 0.15) is 24.5 Å². The first kappa shape index (κ1) is 18.4. The van der Waals surface area contributed by atoms with Crippen molar-refractivity contribution in [1.29, 1.82) is 0 Å². The quantitative estimate of drug-likeness (QED) is 0.613. The SMILES string of the molecule is C[C@]1(CP(=O)(c2ccccc2)c2ccccc2)C(=O)N2CCCc3cccc1c32. The molecule has 0 unspecified atom stereocenters. The zero-order valence-electron chi connectivity index (χ0n) is 16.5. The minimum Gasteiger partial charge on any atom is -0.314 e. The third kappa shape index (κ3) is 2.72. The highest BCUT2D eigenvalue weighted by Crippen LogP contribution is 2.54. The third-order valence-corrected chi connectivity index (χ3v) is 9.76. The summed E-state index contributed by atoms with van der Waals surface area (Å²) >= 11 is 0. The molecule has 3 aromatic carbocycles. The maximum atomic E-state index is 14.7. The molecule has 0 aromatic heterocycles. The highest BCUT2D eigenvalue weighted by molar-refractivity contribution is 7.78. The molecule has 2 heterocycles. The lowest BCUT2D eigenvalue weighted by atomic mass is 9.85. The molecule has 0 N–H and O–H groups in total. The van der Waals surface area contributed by atoms with Crippen LogP contribution in [0.2, 0.25) is 0 Å². The predicted molar refractivity (Wildman–Crippen MR) is 119 cm³/mol. The van der Waals surface area contributed by atoms with E-state index in [9.17, 15) is 9.36 Å². The van der Waals surface area contributed by atoms with E-state index in [2.05, 4.69) is 12.1 Å². The van der Waals surface area contributed by atoms with Crippen LogP contribution in [0.5, 0.6) is 0 Å². The van der Waals surface area contributed by atoms with Gasteiger partial charge >= 0.3 is 0 Å². The van der Waals surface area contributed by atoms with Crippen molar-refractivity contribution < 1.29 is 9.36 Å². The number of anilines is 1. The Kier molecular flexibility index (Phi) is 4.26. The summed E-state index contributed by atoms with van der Waals surface area (Å²) in [5, 5.41) is 1.62. The Balaban J connectivity index is 1.68. The number of amides is 1. The summed E-state index contributed by atoms with van der Waals surface area (Å²) in [6, 6.07) is 25.5. The zero-order valence-corrected chi connectivity index (χ0v) is 17.4. The molecule has 3 nitrogen and oxygen atoms in total. The van der Waals surface area contributed by atoms with Crippen LogP contribution in [0.25, 0.3) is 0 Å². The van der Waals surface area contributed by atoms with Gasteiger partial charge in [-0.1, -0.05) is 78.9 Å². The maximum absolute atomic E-state index is 14.7. The molecule has 3 aromatic rings. The third-order valence-electron chi connectivity index (χ3n) is 6.41. The van der Waals surface area contributed by atoms with E-state index in [0.29, 0.717) is 6.16 Å². The average Bonchev–Trinajstić information content (AvgIpc) is 2.99. The van der Waals surface area contributed by atoms with Crippen molar-refractivity contribution in [2.24, 2.45) is 0 Å². The van der Waals surface area contributed by atoms with Gasteiger partial charge in [0.1, 0.15) is 7.14 Å². The lowest BCUT2D eigenvalue weighted by molar-refractivity contribution is -0.122. The van der Waals surface area contributed by atoms with Crippen LogP contribution >= 0.6 is 7.14 Å². The van der Waals surface area contributed by atoms with Gasteiger partial charge in [-0.3, -0.25) is 4.79 Å². The van der Waals surface area contributed by atoms with Crippen LogP contribution in [0.15, 0.2) is 78.9 Å². The summed E-state index contributed by atoms with van der Waals surface area (Å²) in [6.07, 6.45) is 2.28. The molecule has 146 valence electrons. The van der Waals surface area contributed by atoms with Crippen LogP contribution in [0, 0.1) is 0 Å². The molecule has 2 aliphatic heterocycles. The van der Waals surface area contributed by atoms with E-state index in [1.807, 2.05) is 78.6 Å². The van der Waals surface area contributed by atoms with Crippen molar-refractivity contribution in [2.45, 2.75) is 25.2 Å². The van der Waals surface area contributed by atoms with Crippen LogP contribution in [0.4, 0.5) is 5.69 Å². The number of carbonyl (C=O) groups excluding carboxylic acids is 1. The molecule has 0 bridgehead atoms. The van der Waals surface area contributed by atoms with Gasteiger partial charge in [0.2, 0.25) is 5.91 Å². The molecule has 1 amide bonds. The minimum absolute atomic E-state index is 0.0896.